The Morgan fingerprint density at radius 3 is 2.78 bits per heavy atom. The van der Waals surface area contributed by atoms with Crippen molar-refractivity contribution >= 4 is 5.82 Å². The molecule has 2 aromatic heterocycles. The first kappa shape index (κ1) is 21.8. The molecular weight excluding hydrogens is 424 g/mol. The minimum absolute atomic E-state index is 0.0574. The number of rotatable bonds is 6. The number of halogens is 2. The lowest BCUT2D eigenvalue weighted by Gasteiger charge is -2.14. The molecule has 0 bridgehead atoms. The second-order valence-electron chi connectivity index (χ2n) is 7.12. The van der Waals surface area contributed by atoms with Crippen LogP contribution >= 0.6 is 0 Å². The summed E-state index contributed by atoms with van der Waals surface area (Å²) in [5.74, 6) is -1.44. The number of anilines is 1. The quantitative estimate of drug-likeness (QED) is 0.621. The molecule has 1 aliphatic heterocycles. The molecule has 11 heteroatoms. The van der Waals surface area contributed by atoms with Crippen LogP contribution in [0.4, 0.5) is 14.6 Å². The number of aryl methyl sites for hydroxylation is 1. The van der Waals surface area contributed by atoms with E-state index in [-0.39, 0.29) is 23.8 Å². The Hall–Kier alpha value is -3.47. The Kier molecular flexibility index (Phi) is 6.64. The molecule has 0 aliphatic carbocycles. The van der Waals surface area contributed by atoms with E-state index < -0.39 is 23.1 Å². The van der Waals surface area contributed by atoms with Crippen LogP contribution in [0.5, 0.6) is 17.4 Å². The molecule has 3 aromatic rings. The summed E-state index contributed by atoms with van der Waals surface area (Å²) in [6, 6.07) is 3.81. The number of ether oxygens (including phenoxy) is 3. The normalized spacial score (nSPS) is 14.0. The first-order chi connectivity index (χ1) is 15.5. The largest absolute Gasteiger partial charge is 0.473 e. The van der Waals surface area contributed by atoms with E-state index >= 15 is 0 Å². The highest BCUT2D eigenvalue weighted by Crippen LogP contribution is 2.29. The summed E-state index contributed by atoms with van der Waals surface area (Å²) >= 11 is 0. The van der Waals surface area contributed by atoms with Crippen molar-refractivity contribution in [2.45, 2.75) is 33.0 Å². The van der Waals surface area contributed by atoms with E-state index in [1.54, 1.807) is 16.9 Å². The molecule has 0 atom stereocenters. The van der Waals surface area contributed by atoms with Gasteiger partial charge in [0, 0.05) is 32.3 Å². The Bertz CT molecular complexity index is 1120. The third-order valence-electron chi connectivity index (χ3n) is 4.81. The highest BCUT2D eigenvalue weighted by Gasteiger charge is 2.16. The molecule has 170 valence electrons. The standard InChI is InChI=1S/C21H23F2N5O4/c1-2-27-12-15(11-25-27)32-20-16(22)8-14(9-17(20)23)13-31-19-10-18-24-4-7-30-6-3-5-28(18)21(29)26-19/h8-12,24H,2-7,13H2,1H3. The summed E-state index contributed by atoms with van der Waals surface area (Å²) in [7, 11) is 0. The molecule has 4 rings (SSSR count). The number of hydrogen-bond acceptors (Lipinski definition) is 7. The van der Waals surface area contributed by atoms with Gasteiger partial charge in [0.15, 0.2) is 23.1 Å². The molecule has 9 nitrogen and oxygen atoms in total. The van der Waals surface area contributed by atoms with E-state index in [0.29, 0.717) is 45.1 Å². The van der Waals surface area contributed by atoms with Crippen LogP contribution in [0.3, 0.4) is 0 Å². The number of fused-ring (bicyclic) bond motifs is 1. The molecule has 0 spiro atoms. The zero-order valence-electron chi connectivity index (χ0n) is 17.5. The van der Waals surface area contributed by atoms with Crippen LogP contribution in [0.2, 0.25) is 0 Å². The SMILES string of the molecule is CCn1cc(Oc2c(F)cc(COc3cc4n(c(=O)n3)CCCOCCN4)cc2F)cn1. The number of hydrogen-bond donors (Lipinski definition) is 1. The number of aromatic nitrogens is 4. The summed E-state index contributed by atoms with van der Waals surface area (Å²) < 4.78 is 48.3. The molecule has 32 heavy (non-hydrogen) atoms. The average Bonchev–Trinajstić information content (AvgIpc) is 3.26. The van der Waals surface area contributed by atoms with Crippen LogP contribution in [-0.2, 0) is 24.4 Å². The lowest BCUT2D eigenvalue weighted by molar-refractivity contribution is 0.140. The summed E-state index contributed by atoms with van der Waals surface area (Å²) in [5, 5.41) is 7.12. The maximum absolute atomic E-state index is 14.5. The zero-order chi connectivity index (χ0) is 22.5. The Labute approximate surface area is 182 Å². The van der Waals surface area contributed by atoms with Crippen LogP contribution < -0.4 is 20.5 Å². The molecule has 0 unspecified atom stereocenters. The van der Waals surface area contributed by atoms with Crippen molar-refractivity contribution in [2.75, 3.05) is 25.1 Å². The Morgan fingerprint density at radius 2 is 2.03 bits per heavy atom. The predicted molar refractivity (Wildman–Crippen MR) is 111 cm³/mol. The summed E-state index contributed by atoms with van der Waals surface area (Å²) in [5.41, 5.74) is -0.246. The molecule has 1 N–H and O–H groups in total. The van der Waals surface area contributed by atoms with Gasteiger partial charge in [-0.2, -0.15) is 10.1 Å². The van der Waals surface area contributed by atoms with E-state index in [4.69, 9.17) is 14.2 Å². The van der Waals surface area contributed by atoms with Gasteiger partial charge in [-0.1, -0.05) is 0 Å². The van der Waals surface area contributed by atoms with E-state index in [9.17, 15) is 13.6 Å². The molecule has 1 aromatic carbocycles. The minimum atomic E-state index is -0.878. The molecule has 0 saturated carbocycles. The molecule has 0 saturated heterocycles. The highest BCUT2D eigenvalue weighted by molar-refractivity contribution is 5.39. The fourth-order valence-electron chi connectivity index (χ4n) is 3.24. The van der Waals surface area contributed by atoms with Crippen molar-refractivity contribution in [3.63, 3.8) is 0 Å². The Balaban J connectivity index is 1.48. The second kappa shape index (κ2) is 9.77. The molecule has 1 aliphatic rings. The van der Waals surface area contributed by atoms with E-state index in [1.807, 2.05) is 6.92 Å². The topological polar surface area (TPSA) is 92.4 Å². The van der Waals surface area contributed by atoms with Gasteiger partial charge >= 0.3 is 5.69 Å². The summed E-state index contributed by atoms with van der Waals surface area (Å²) in [4.78, 5) is 16.3. The Morgan fingerprint density at radius 1 is 1.22 bits per heavy atom. The van der Waals surface area contributed by atoms with Crippen LogP contribution in [0, 0.1) is 11.6 Å². The maximum atomic E-state index is 14.5. The fourth-order valence-corrected chi connectivity index (χ4v) is 3.24. The van der Waals surface area contributed by atoms with Gasteiger partial charge in [0.25, 0.3) is 0 Å². The maximum Gasteiger partial charge on any atom is 0.352 e. The summed E-state index contributed by atoms with van der Waals surface area (Å²) in [6.45, 7) is 4.37. The predicted octanol–water partition coefficient (Wildman–Crippen LogP) is 2.94. The van der Waals surface area contributed by atoms with Crippen LogP contribution in [0.1, 0.15) is 18.9 Å². The number of benzene rings is 1. The smallest absolute Gasteiger partial charge is 0.352 e. The van der Waals surface area contributed by atoms with E-state index in [0.717, 1.165) is 12.1 Å². The monoisotopic (exact) mass is 447 g/mol. The number of nitrogens with zero attached hydrogens (tertiary/aromatic N) is 4. The van der Waals surface area contributed by atoms with Crippen LogP contribution in [0.15, 0.2) is 35.4 Å². The third-order valence-corrected chi connectivity index (χ3v) is 4.81. The van der Waals surface area contributed by atoms with Gasteiger partial charge in [0.2, 0.25) is 5.88 Å². The average molecular weight is 447 g/mol. The lowest BCUT2D eigenvalue weighted by Crippen LogP contribution is -2.26. The first-order valence-electron chi connectivity index (χ1n) is 10.3. The molecule has 3 heterocycles. The van der Waals surface area contributed by atoms with Crippen molar-refractivity contribution in [1.29, 1.82) is 0 Å². The lowest BCUT2D eigenvalue weighted by atomic mass is 10.2. The molecular formula is C21H23F2N5O4. The van der Waals surface area contributed by atoms with Gasteiger partial charge in [-0.15, -0.1) is 0 Å². The molecule has 0 radical (unpaired) electrons. The van der Waals surface area contributed by atoms with Crippen molar-refractivity contribution in [1.82, 2.24) is 19.3 Å². The van der Waals surface area contributed by atoms with Gasteiger partial charge in [-0.3, -0.25) is 9.25 Å². The molecule has 0 amide bonds. The van der Waals surface area contributed by atoms with E-state index in [2.05, 4.69) is 15.4 Å². The van der Waals surface area contributed by atoms with Gasteiger partial charge in [-0.25, -0.2) is 13.6 Å². The van der Waals surface area contributed by atoms with Crippen LogP contribution in [0.25, 0.3) is 0 Å². The third kappa shape index (κ3) is 5.05. The minimum Gasteiger partial charge on any atom is -0.473 e. The van der Waals surface area contributed by atoms with Crippen molar-refractivity contribution in [2.24, 2.45) is 0 Å². The second-order valence-corrected chi connectivity index (χ2v) is 7.12. The van der Waals surface area contributed by atoms with Gasteiger partial charge in [0.05, 0.1) is 19.0 Å². The zero-order valence-corrected chi connectivity index (χ0v) is 17.5. The highest BCUT2D eigenvalue weighted by atomic mass is 19.1. The summed E-state index contributed by atoms with van der Waals surface area (Å²) in [6.07, 6.45) is 3.61. The van der Waals surface area contributed by atoms with Gasteiger partial charge in [-0.05, 0) is 31.0 Å². The first-order valence-corrected chi connectivity index (χ1v) is 10.3. The van der Waals surface area contributed by atoms with E-state index in [1.165, 1.54) is 10.8 Å². The fraction of sp³-hybridized carbons (Fsp3) is 0.381. The van der Waals surface area contributed by atoms with Gasteiger partial charge < -0.3 is 19.5 Å². The molecule has 0 fully saturated rings. The van der Waals surface area contributed by atoms with Gasteiger partial charge in [0.1, 0.15) is 12.4 Å². The van der Waals surface area contributed by atoms with Crippen molar-refractivity contribution < 1.29 is 23.0 Å². The number of nitrogens with one attached hydrogen (secondary N) is 1. The van der Waals surface area contributed by atoms with Crippen molar-refractivity contribution in [3.8, 4) is 17.4 Å². The van der Waals surface area contributed by atoms with Crippen LogP contribution in [-0.4, -0.2) is 39.1 Å². The van der Waals surface area contributed by atoms with Crippen molar-refractivity contribution in [3.05, 3.63) is 58.3 Å².